The Morgan fingerprint density at radius 3 is 2.24 bits per heavy atom. The molecule has 2 fully saturated rings. The number of alkyl carbamates (subject to hydrolysis) is 1. The molecule has 0 aromatic rings. The largest absolute Gasteiger partial charge is 0.444 e. The number of nitrogens with one attached hydrogen (secondary N) is 1. The van der Waals surface area contributed by atoms with Gasteiger partial charge in [-0.3, -0.25) is 9.69 Å². The molecule has 0 aromatic carbocycles. The zero-order valence-corrected chi connectivity index (χ0v) is 15.7. The van der Waals surface area contributed by atoms with Crippen LogP contribution in [0.4, 0.5) is 4.79 Å². The van der Waals surface area contributed by atoms with Gasteiger partial charge in [-0.25, -0.2) is 4.79 Å². The maximum absolute atomic E-state index is 12.7. The molecule has 1 N–H and O–H groups in total. The van der Waals surface area contributed by atoms with Gasteiger partial charge in [0.25, 0.3) is 0 Å². The van der Waals surface area contributed by atoms with Crippen LogP contribution in [0.25, 0.3) is 0 Å². The SMILES string of the molecule is C#CCN1CCC(C(=O)N2CCC(NC(=O)OC(C)(C)C)CC2)CC1. The van der Waals surface area contributed by atoms with Crippen molar-refractivity contribution in [2.75, 3.05) is 32.7 Å². The van der Waals surface area contributed by atoms with Crippen molar-refractivity contribution >= 4 is 12.0 Å². The van der Waals surface area contributed by atoms with E-state index in [0.717, 1.165) is 38.8 Å². The van der Waals surface area contributed by atoms with E-state index in [-0.39, 0.29) is 24.0 Å². The topological polar surface area (TPSA) is 61.9 Å². The first-order valence-corrected chi connectivity index (χ1v) is 9.22. The number of carbonyl (C=O) groups is 2. The average molecular weight is 349 g/mol. The summed E-state index contributed by atoms with van der Waals surface area (Å²) in [6, 6.07) is 0.0800. The summed E-state index contributed by atoms with van der Waals surface area (Å²) < 4.78 is 5.29. The number of ether oxygens (including phenoxy) is 1. The number of nitrogens with zero attached hydrogens (tertiary/aromatic N) is 2. The van der Waals surface area contributed by atoms with E-state index in [1.54, 1.807) is 0 Å². The molecule has 2 aliphatic rings. The number of hydrogen-bond donors (Lipinski definition) is 1. The van der Waals surface area contributed by atoms with Gasteiger partial charge >= 0.3 is 6.09 Å². The Labute approximate surface area is 151 Å². The van der Waals surface area contributed by atoms with Crippen molar-refractivity contribution in [3.05, 3.63) is 0 Å². The lowest BCUT2D eigenvalue weighted by molar-refractivity contribution is -0.138. The maximum atomic E-state index is 12.7. The van der Waals surface area contributed by atoms with Gasteiger partial charge in [0.15, 0.2) is 0 Å². The van der Waals surface area contributed by atoms with Crippen LogP contribution >= 0.6 is 0 Å². The van der Waals surface area contributed by atoms with Crippen molar-refractivity contribution in [3.63, 3.8) is 0 Å². The molecule has 2 saturated heterocycles. The second-order valence-corrected chi connectivity index (χ2v) is 8.00. The lowest BCUT2D eigenvalue weighted by Gasteiger charge is -2.37. The minimum atomic E-state index is -0.491. The van der Waals surface area contributed by atoms with E-state index in [2.05, 4.69) is 16.1 Å². The minimum absolute atomic E-state index is 0.0800. The van der Waals surface area contributed by atoms with E-state index in [9.17, 15) is 9.59 Å². The number of amides is 2. The van der Waals surface area contributed by atoms with Crippen LogP contribution in [-0.4, -0.2) is 66.2 Å². The third-order valence-corrected chi connectivity index (χ3v) is 4.78. The Morgan fingerprint density at radius 2 is 1.72 bits per heavy atom. The molecule has 0 atom stereocenters. The summed E-state index contributed by atoms with van der Waals surface area (Å²) in [5, 5.41) is 2.91. The van der Waals surface area contributed by atoms with E-state index < -0.39 is 5.60 Å². The van der Waals surface area contributed by atoms with Gasteiger partial charge in [-0.15, -0.1) is 6.42 Å². The summed E-state index contributed by atoms with van der Waals surface area (Å²) in [6.07, 6.45) is 8.30. The smallest absolute Gasteiger partial charge is 0.407 e. The standard InChI is InChI=1S/C19H31N3O3/c1-5-10-21-11-6-15(7-12-21)17(23)22-13-8-16(9-14-22)20-18(24)25-19(2,3)4/h1,15-16H,6-14H2,2-4H3,(H,20,24). The highest BCUT2D eigenvalue weighted by atomic mass is 16.6. The molecule has 0 saturated carbocycles. The van der Waals surface area contributed by atoms with Crippen LogP contribution in [-0.2, 0) is 9.53 Å². The van der Waals surface area contributed by atoms with Crippen LogP contribution in [0.1, 0.15) is 46.5 Å². The van der Waals surface area contributed by atoms with Gasteiger partial charge < -0.3 is 15.0 Å². The average Bonchev–Trinajstić information content (AvgIpc) is 2.54. The number of hydrogen-bond acceptors (Lipinski definition) is 4. The highest BCUT2D eigenvalue weighted by Gasteiger charge is 2.31. The number of piperidine rings is 2. The molecule has 25 heavy (non-hydrogen) atoms. The van der Waals surface area contributed by atoms with Gasteiger partial charge in [-0.05, 0) is 59.5 Å². The van der Waals surface area contributed by atoms with E-state index in [1.807, 2.05) is 25.7 Å². The lowest BCUT2D eigenvalue weighted by Crippen LogP contribution is -2.50. The summed E-state index contributed by atoms with van der Waals surface area (Å²) >= 11 is 0. The number of likely N-dealkylation sites (tertiary alicyclic amines) is 2. The summed E-state index contributed by atoms with van der Waals surface area (Å²) in [5.74, 6) is 3.04. The molecule has 0 bridgehead atoms. The molecule has 6 nitrogen and oxygen atoms in total. The van der Waals surface area contributed by atoms with Crippen LogP contribution in [0.5, 0.6) is 0 Å². The fraction of sp³-hybridized carbons (Fsp3) is 0.789. The van der Waals surface area contributed by atoms with Crippen LogP contribution in [0.3, 0.4) is 0 Å². The monoisotopic (exact) mass is 349 g/mol. The molecule has 2 heterocycles. The van der Waals surface area contributed by atoms with Gasteiger partial charge in [0.1, 0.15) is 5.60 Å². The Morgan fingerprint density at radius 1 is 1.12 bits per heavy atom. The van der Waals surface area contributed by atoms with Crippen molar-refractivity contribution in [1.29, 1.82) is 0 Å². The van der Waals surface area contributed by atoms with Crippen LogP contribution in [0, 0.1) is 18.3 Å². The summed E-state index contributed by atoms with van der Waals surface area (Å²) in [6.45, 7) is 9.42. The molecule has 2 aliphatic heterocycles. The third kappa shape index (κ3) is 6.24. The first-order valence-electron chi connectivity index (χ1n) is 9.22. The van der Waals surface area contributed by atoms with E-state index >= 15 is 0 Å². The summed E-state index contributed by atoms with van der Waals surface area (Å²) in [5.41, 5.74) is -0.491. The predicted molar refractivity (Wildman–Crippen MR) is 97.0 cm³/mol. The first kappa shape index (κ1) is 19.6. The van der Waals surface area contributed by atoms with Crippen LogP contribution < -0.4 is 5.32 Å². The predicted octanol–water partition coefficient (Wildman–Crippen LogP) is 1.85. The molecular formula is C19H31N3O3. The highest BCUT2D eigenvalue weighted by Crippen LogP contribution is 2.22. The quantitative estimate of drug-likeness (QED) is 0.790. The molecule has 0 radical (unpaired) electrons. The van der Waals surface area contributed by atoms with Crippen molar-refractivity contribution in [2.45, 2.75) is 58.1 Å². The van der Waals surface area contributed by atoms with Gasteiger partial charge in [-0.1, -0.05) is 5.92 Å². The Bertz CT molecular complexity index is 505. The van der Waals surface area contributed by atoms with Gasteiger partial charge in [0.05, 0.1) is 6.54 Å². The molecule has 0 unspecified atom stereocenters. The van der Waals surface area contributed by atoms with Gasteiger partial charge in [0, 0.05) is 25.0 Å². The Kier molecular flexibility index (Phi) is 6.71. The van der Waals surface area contributed by atoms with Crippen LogP contribution in [0.15, 0.2) is 0 Å². The van der Waals surface area contributed by atoms with Crippen molar-refractivity contribution in [3.8, 4) is 12.3 Å². The summed E-state index contributed by atoms with van der Waals surface area (Å²) in [7, 11) is 0. The number of terminal acetylenes is 1. The van der Waals surface area contributed by atoms with Crippen molar-refractivity contribution in [2.24, 2.45) is 5.92 Å². The maximum Gasteiger partial charge on any atom is 0.407 e. The van der Waals surface area contributed by atoms with E-state index in [1.165, 1.54) is 0 Å². The first-order chi connectivity index (χ1) is 11.8. The van der Waals surface area contributed by atoms with Crippen molar-refractivity contribution < 1.29 is 14.3 Å². The number of carbonyl (C=O) groups excluding carboxylic acids is 2. The molecule has 2 amide bonds. The zero-order valence-electron chi connectivity index (χ0n) is 15.7. The van der Waals surface area contributed by atoms with Gasteiger partial charge in [-0.2, -0.15) is 0 Å². The molecular weight excluding hydrogens is 318 g/mol. The van der Waals surface area contributed by atoms with Crippen molar-refractivity contribution in [1.82, 2.24) is 15.1 Å². The molecule has 0 spiro atoms. The molecule has 2 rings (SSSR count). The third-order valence-electron chi connectivity index (χ3n) is 4.78. The fourth-order valence-electron chi connectivity index (χ4n) is 3.44. The molecule has 6 heteroatoms. The summed E-state index contributed by atoms with van der Waals surface area (Å²) in [4.78, 5) is 28.7. The zero-order chi connectivity index (χ0) is 18.4. The second-order valence-electron chi connectivity index (χ2n) is 8.00. The fourth-order valence-corrected chi connectivity index (χ4v) is 3.44. The van der Waals surface area contributed by atoms with E-state index in [4.69, 9.17) is 11.2 Å². The van der Waals surface area contributed by atoms with Gasteiger partial charge in [0.2, 0.25) is 5.91 Å². The molecule has 140 valence electrons. The highest BCUT2D eigenvalue weighted by molar-refractivity contribution is 5.79. The second kappa shape index (κ2) is 8.57. The molecule has 0 aliphatic carbocycles. The Balaban J connectivity index is 1.72. The number of rotatable bonds is 3. The lowest BCUT2D eigenvalue weighted by atomic mass is 9.94. The minimum Gasteiger partial charge on any atom is -0.444 e. The van der Waals surface area contributed by atoms with E-state index in [0.29, 0.717) is 19.6 Å². The Hall–Kier alpha value is -1.74. The normalized spacial score (nSPS) is 20.8. The van der Waals surface area contributed by atoms with Crippen LogP contribution in [0.2, 0.25) is 0 Å². The molecule has 0 aromatic heterocycles.